The van der Waals surface area contributed by atoms with E-state index in [1.807, 2.05) is 23.1 Å². The minimum Gasteiger partial charge on any atom is -0.393 e. The van der Waals surface area contributed by atoms with Crippen molar-refractivity contribution < 1.29 is 19.7 Å². The van der Waals surface area contributed by atoms with Crippen LogP contribution in [0.15, 0.2) is 30.3 Å². The first-order valence-corrected chi connectivity index (χ1v) is 16.2. The van der Waals surface area contributed by atoms with Crippen molar-refractivity contribution in [2.75, 3.05) is 6.54 Å². The van der Waals surface area contributed by atoms with Gasteiger partial charge >= 0.3 is 0 Å². The molecule has 1 amide bonds. The van der Waals surface area contributed by atoms with Crippen LogP contribution in [-0.2, 0) is 16.1 Å². The zero-order chi connectivity index (χ0) is 29.2. The molecule has 41 heavy (non-hydrogen) atoms. The number of aliphatic hydroxyl groups is 2. The minimum absolute atomic E-state index is 0.0399. The summed E-state index contributed by atoms with van der Waals surface area (Å²) >= 11 is 0. The molecule has 2 N–H and O–H groups in total. The number of rotatable bonds is 4. The highest BCUT2D eigenvalue weighted by molar-refractivity contribution is 5.73. The Balaban J connectivity index is 1.16. The third kappa shape index (κ3) is 3.55. The summed E-state index contributed by atoms with van der Waals surface area (Å²) in [6.07, 6.45) is 9.56. The predicted molar refractivity (Wildman–Crippen MR) is 158 cm³/mol. The SMILES string of the molecule is CC(=O)N(C[C]1C[C@@H](C)[C@H]2[C](O1)[C@H](O)[C@@]1(C)[C]3CC[C@H]4C(C)(C)C(O)CC[C@@]45C[C@@]35CC[C@]21C)Cc1ccccc1. The molecule has 5 aliphatic carbocycles. The van der Waals surface area contributed by atoms with Gasteiger partial charge in [-0.2, -0.15) is 0 Å². The second kappa shape index (κ2) is 9.05. The zero-order valence-corrected chi connectivity index (χ0v) is 26.0. The number of amides is 1. The van der Waals surface area contributed by atoms with E-state index in [1.165, 1.54) is 12.8 Å². The molecule has 7 rings (SSSR count). The van der Waals surface area contributed by atoms with E-state index in [-0.39, 0.29) is 39.6 Å². The van der Waals surface area contributed by atoms with Gasteiger partial charge in [0.05, 0.1) is 18.8 Å². The maximum Gasteiger partial charge on any atom is 0.219 e. The van der Waals surface area contributed by atoms with Gasteiger partial charge < -0.3 is 19.8 Å². The van der Waals surface area contributed by atoms with Gasteiger partial charge in [0.25, 0.3) is 0 Å². The number of carbonyl (C=O) groups excluding carboxylic acids is 1. The summed E-state index contributed by atoms with van der Waals surface area (Å²) in [5.74, 6) is 2.79. The van der Waals surface area contributed by atoms with Crippen molar-refractivity contribution in [3.63, 3.8) is 0 Å². The van der Waals surface area contributed by atoms with Crippen molar-refractivity contribution in [1.29, 1.82) is 0 Å². The normalized spacial score (nSPS) is 47.0. The first-order valence-electron chi connectivity index (χ1n) is 16.2. The molecule has 5 heteroatoms. The Labute approximate surface area is 247 Å². The van der Waals surface area contributed by atoms with E-state index < -0.39 is 6.10 Å². The summed E-state index contributed by atoms with van der Waals surface area (Å²) in [7, 11) is 0. The fraction of sp³-hybridized carbons (Fsp3) is 0.722. The quantitative estimate of drug-likeness (QED) is 0.441. The van der Waals surface area contributed by atoms with Crippen molar-refractivity contribution in [3.8, 4) is 0 Å². The van der Waals surface area contributed by atoms with Gasteiger partial charge in [0, 0.05) is 24.8 Å². The zero-order valence-electron chi connectivity index (χ0n) is 26.0. The summed E-state index contributed by atoms with van der Waals surface area (Å²) in [5.41, 5.74) is 1.23. The summed E-state index contributed by atoms with van der Waals surface area (Å²) in [5, 5.41) is 23.3. The van der Waals surface area contributed by atoms with E-state index >= 15 is 0 Å². The summed E-state index contributed by atoms with van der Waals surface area (Å²) < 4.78 is 6.76. The lowest BCUT2D eigenvalue weighted by Gasteiger charge is -2.63. The molecule has 5 saturated carbocycles. The van der Waals surface area contributed by atoms with Crippen LogP contribution in [0.4, 0.5) is 0 Å². The van der Waals surface area contributed by atoms with Gasteiger partial charge in [-0.15, -0.1) is 0 Å². The molecule has 1 heterocycles. The Morgan fingerprint density at radius 3 is 2.46 bits per heavy atom. The second-order valence-corrected chi connectivity index (χ2v) is 15.9. The maximum atomic E-state index is 12.7. The molecule has 1 aromatic carbocycles. The summed E-state index contributed by atoms with van der Waals surface area (Å²) in [4.78, 5) is 14.5. The van der Waals surface area contributed by atoms with E-state index in [1.54, 1.807) is 12.8 Å². The van der Waals surface area contributed by atoms with Gasteiger partial charge in [-0.1, -0.05) is 65.0 Å². The Kier molecular flexibility index (Phi) is 6.26. The van der Waals surface area contributed by atoms with Crippen LogP contribution in [0.3, 0.4) is 0 Å². The molecule has 223 valence electrons. The molecule has 6 aliphatic rings. The number of benzene rings is 1. The monoisotopic (exact) mass is 560 g/mol. The molecule has 5 nitrogen and oxygen atoms in total. The Bertz CT molecular complexity index is 1200. The number of nitrogens with zero attached hydrogens (tertiary/aromatic N) is 1. The van der Waals surface area contributed by atoms with Crippen LogP contribution in [0.1, 0.15) is 98.5 Å². The van der Waals surface area contributed by atoms with Crippen molar-refractivity contribution in [2.45, 2.75) is 112 Å². The molecule has 9 atom stereocenters. The van der Waals surface area contributed by atoms with Crippen LogP contribution >= 0.6 is 0 Å². The van der Waals surface area contributed by atoms with Gasteiger partial charge in [-0.3, -0.25) is 4.79 Å². The number of hydrogen-bond acceptors (Lipinski definition) is 4. The number of fused-ring (bicyclic) bond motifs is 4. The van der Waals surface area contributed by atoms with E-state index in [0.717, 1.165) is 56.3 Å². The van der Waals surface area contributed by atoms with E-state index in [9.17, 15) is 15.0 Å². The molecular weight excluding hydrogens is 510 g/mol. The number of aliphatic hydroxyl groups excluding tert-OH is 2. The smallest absolute Gasteiger partial charge is 0.219 e. The fourth-order valence-electron chi connectivity index (χ4n) is 11.9. The molecule has 6 fully saturated rings. The average Bonchev–Trinajstić information content (AvgIpc) is 3.56. The Hall–Kier alpha value is -1.43. The number of hydrogen-bond donors (Lipinski definition) is 2. The predicted octanol–water partition coefficient (Wildman–Crippen LogP) is 6.49. The summed E-state index contributed by atoms with van der Waals surface area (Å²) in [6, 6.07) is 10.1. The molecule has 2 spiro atoms. The number of ether oxygens (including phenoxy) is 1. The standard InChI is InChI=1S/C36H50NO4/c1-22-18-25(20-37(23(2)38)19-24-10-8-7-9-11-24)41-30-29(22)33(5)16-17-36-21-35(36)15-14-28(39)32(3,4)26(35)12-13-27(36)34(33,6)31(30)40/h7-11,22,26,28-29,31,39-40H,12-21H2,1-6H3/t22-,26+,28?,29+,31+,33-,34-,35-,36+/m1/s1. The molecule has 1 saturated heterocycles. The van der Waals surface area contributed by atoms with Crippen molar-refractivity contribution in [1.82, 2.24) is 4.90 Å². The Morgan fingerprint density at radius 2 is 1.76 bits per heavy atom. The topological polar surface area (TPSA) is 70.0 Å². The van der Waals surface area contributed by atoms with E-state index in [0.29, 0.717) is 30.3 Å². The average molecular weight is 561 g/mol. The first kappa shape index (κ1) is 28.3. The second-order valence-electron chi connectivity index (χ2n) is 15.9. The third-order valence-electron chi connectivity index (χ3n) is 14.1. The van der Waals surface area contributed by atoms with Crippen LogP contribution < -0.4 is 0 Å². The van der Waals surface area contributed by atoms with Crippen LogP contribution in [0.5, 0.6) is 0 Å². The van der Waals surface area contributed by atoms with Gasteiger partial charge in [0.1, 0.15) is 12.2 Å². The largest absolute Gasteiger partial charge is 0.393 e. The number of carbonyl (C=O) groups is 1. The molecule has 0 bridgehead atoms. The molecular formula is C36H50NO4. The highest BCUT2D eigenvalue weighted by atomic mass is 16.5. The van der Waals surface area contributed by atoms with Gasteiger partial charge in [0.15, 0.2) is 0 Å². The lowest BCUT2D eigenvalue weighted by Crippen LogP contribution is -2.58. The van der Waals surface area contributed by atoms with Crippen molar-refractivity contribution in [2.24, 2.45) is 44.8 Å². The molecule has 1 aromatic rings. The lowest BCUT2D eigenvalue weighted by atomic mass is 9.41. The van der Waals surface area contributed by atoms with Crippen LogP contribution in [0.2, 0.25) is 0 Å². The van der Waals surface area contributed by atoms with Gasteiger partial charge in [0.2, 0.25) is 5.91 Å². The van der Waals surface area contributed by atoms with Gasteiger partial charge in [-0.25, -0.2) is 0 Å². The van der Waals surface area contributed by atoms with Crippen molar-refractivity contribution >= 4 is 5.91 Å². The van der Waals surface area contributed by atoms with Crippen LogP contribution in [-0.4, -0.2) is 39.8 Å². The molecule has 1 aliphatic heterocycles. The first-order chi connectivity index (χ1) is 19.3. The maximum absolute atomic E-state index is 12.7. The third-order valence-corrected chi connectivity index (χ3v) is 14.1. The molecule has 1 unspecified atom stereocenters. The highest BCUT2D eigenvalue weighted by Gasteiger charge is 2.85. The van der Waals surface area contributed by atoms with E-state index in [4.69, 9.17) is 4.74 Å². The molecule has 0 aromatic heterocycles. The van der Waals surface area contributed by atoms with Crippen LogP contribution in [0, 0.1) is 63.0 Å². The van der Waals surface area contributed by atoms with Gasteiger partial charge in [-0.05, 0) is 96.3 Å². The highest BCUT2D eigenvalue weighted by Crippen LogP contribution is 2.90. The van der Waals surface area contributed by atoms with Crippen LogP contribution in [0.25, 0.3) is 0 Å². The fourth-order valence-corrected chi connectivity index (χ4v) is 11.9. The minimum atomic E-state index is -0.626. The summed E-state index contributed by atoms with van der Waals surface area (Å²) in [6.45, 7) is 14.4. The molecule has 3 radical (unpaired) electrons. The Morgan fingerprint density at radius 1 is 1.02 bits per heavy atom. The van der Waals surface area contributed by atoms with E-state index in [2.05, 4.69) is 46.8 Å². The van der Waals surface area contributed by atoms with Crippen molar-refractivity contribution in [3.05, 3.63) is 54.0 Å². The lowest BCUT2D eigenvalue weighted by molar-refractivity contribution is -0.131.